The van der Waals surface area contributed by atoms with E-state index >= 15 is 0 Å². The van der Waals surface area contributed by atoms with Crippen LogP contribution in [0.15, 0.2) is 69.9 Å². The zero-order chi connectivity index (χ0) is 26.8. The molecule has 6 nitrogen and oxygen atoms in total. The molecule has 5 rings (SSSR count). The molecule has 196 valence electrons. The lowest BCUT2D eigenvalue weighted by Gasteiger charge is -2.26. The fourth-order valence-corrected chi connectivity index (χ4v) is 5.20. The smallest absolute Gasteiger partial charge is 0.290 e. The van der Waals surface area contributed by atoms with Crippen LogP contribution in [0, 0.1) is 13.8 Å². The fourth-order valence-electron chi connectivity index (χ4n) is 5.20. The van der Waals surface area contributed by atoms with E-state index < -0.39 is 6.04 Å². The quantitative estimate of drug-likeness (QED) is 0.249. The van der Waals surface area contributed by atoms with Crippen molar-refractivity contribution < 1.29 is 18.7 Å². The molecule has 2 heterocycles. The highest BCUT2D eigenvalue weighted by Crippen LogP contribution is 2.41. The highest BCUT2D eigenvalue weighted by atomic mass is 16.5. The molecule has 38 heavy (non-hydrogen) atoms. The summed E-state index contributed by atoms with van der Waals surface area (Å²) >= 11 is 0. The van der Waals surface area contributed by atoms with E-state index in [1.165, 1.54) is 0 Å². The molecule has 1 aliphatic rings. The number of amides is 1. The first kappa shape index (κ1) is 25.6. The molecule has 0 aliphatic carbocycles. The van der Waals surface area contributed by atoms with Gasteiger partial charge in [-0.2, -0.15) is 0 Å². The second-order valence-corrected chi connectivity index (χ2v) is 9.80. The number of unbranched alkanes of at least 4 members (excludes halogenated alkanes) is 1. The van der Waals surface area contributed by atoms with Crippen molar-refractivity contribution in [2.75, 3.05) is 13.2 Å². The van der Waals surface area contributed by atoms with E-state index in [2.05, 4.69) is 6.92 Å². The average molecular weight is 512 g/mol. The highest BCUT2D eigenvalue weighted by molar-refractivity contribution is 5.99. The largest absolute Gasteiger partial charge is 0.490 e. The van der Waals surface area contributed by atoms with Gasteiger partial charge in [0, 0.05) is 6.54 Å². The number of hydrogen-bond donors (Lipinski definition) is 0. The Hall–Kier alpha value is -4.06. The monoisotopic (exact) mass is 511 g/mol. The van der Waals surface area contributed by atoms with Gasteiger partial charge in [0.05, 0.1) is 23.6 Å². The molecule has 0 spiro atoms. The Kier molecular flexibility index (Phi) is 7.23. The maximum Gasteiger partial charge on any atom is 0.290 e. The zero-order valence-corrected chi connectivity index (χ0v) is 22.4. The summed E-state index contributed by atoms with van der Waals surface area (Å²) < 4.78 is 18.2. The van der Waals surface area contributed by atoms with Crippen molar-refractivity contribution >= 4 is 16.9 Å². The Labute approximate surface area is 222 Å². The van der Waals surface area contributed by atoms with Crippen LogP contribution < -0.4 is 14.9 Å². The van der Waals surface area contributed by atoms with E-state index in [1.54, 1.807) is 4.90 Å². The molecule has 0 saturated heterocycles. The molecule has 0 radical (unpaired) electrons. The number of fused-ring (bicyclic) bond motifs is 2. The lowest BCUT2D eigenvalue weighted by molar-refractivity contribution is 0.0725. The highest BCUT2D eigenvalue weighted by Gasteiger charge is 2.42. The van der Waals surface area contributed by atoms with Crippen molar-refractivity contribution in [1.29, 1.82) is 0 Å². The van der Waals surface area contributed by atoms with Crippen LogP contribution in [-0.4, -0.2) is 24.0 Å². The lowest BCUT2D eigenvalue weighted by atomic mass is 9.97. The van der Waals surface area contributed by atoms with Crippen molar-refractivity contribution in [3.8, 4) is 11.5 Å². The van der Waals surface area contributed by atoms with E-state index in [4.69, 9.17) is 13.9 Å². The van der Waals surface area contributed by atoms with Gasteiger partial charge in [0.2, 0.25) is 5.76 Å². The maximum absolute atomic E-state index is 13.9. The summed E-state index contributed by atoms with van der Waals surface area (Å²) in [5, 5.41) is 0.504. The molecule has 4 aromatic rings. The van der Waals surface area contributed by atoms with Crippen molar-refractivity contribution in [3.63, 3.8) is 0 Å². The van der Waals surface area contributed by atoms with Gasteiger partial charge >= 0.3 is 0 Å². The number of benzene rings is 3. The Morgan fingerprint density at radius 3 is 2.45 bits per heavy atom. The molecule has 3 aromatic carbocycles. The predicted octanol–water partition coefficient (Wildman–Crippen LogP) is 6.73. The summed E-state index contributed by atoms with van der Waals surface area (Å²) in [7, 11) is 0. The Morgan fingerprint density at radius 2 is 1.71 bits per heavy atom. The first-order valence-electron chi connectivity index (χ1n) is 13.2. The third-order valence-corrected chi connectivity index (χ3v) is 6.97. The molecule has 0 fully saturated rings. The second-order valence-electron chi connectivity index (χ2n) is 9.80. The van der Waals surface area contributed by atoms with Gasteiger partial charge in [0.25, 0.3) is 5.91 Å². The zero-order valence-electron chi connectivity index (χ0n) is 22.4. The summed E-state index contributed by atoms with van der Waals surface area (Å²) in [6.07, 6.45) is 1.74. The van der Waals surface area contributed by atoms with Crippen LogP contribution in [0.4, 0.5) is 0 Å². The van der Waals surface area contributed by atoms with Gasteiger partial charge < -0.3 is 18.8 Å². The van der Waals surface area contributed by atoms with Gasteiger partial charge in [-0.3, -0.25) is 9.59 Å². The normalized spacial score (nSPS) is 14.7. The number of aryl methyl sites for hydroxylation is 2. The molecule has 1 atom stereocenters. The van der Waals surface area contributed by atoms with Crippen molar-refractivity contribution in [1.82, 2.24) is 4.90 Å². The molecule has 1 aromatic heterocycles. The van der Waals surface area contributed by atoms with Crippen LogP contribution in [0.25, 0.3) is 11.0 Å². The molecular weight excluding hydrogens is 478 g/mol. The average Bonchev–Trinajstić information content (AvgIpc) is 3.19. The van der Waals surface area contributed by atoms with E-state index in [0.29, 0.717) is 47.8 Å². The summed E-state index contributed by atoms with van der Waals surface area (Å²) in [4.78, 5) is 29.3. The molecule has 6 heteroatoms. The number of hydrogen-bond acceptors (Lipinski definition) is 5. The minimum absolute atomic E-state index is 0.137. The number of rotatable bonds is 9. The van der Waals surface area contributed by atoms with E-state index in [9.17, 15) is 9.59 Å². The summed E-state index contributed by atoms with van der Waals surface area (Å²) in [5.41, 5.74) is 4.37. The molecule has 1 unspecified atom stereocenters. The van der Waals surface area contributed by atoms with Crippen molar-refractivity contribution in [2.45, 2.75) is 53.2 Å². The van der Waals surface area contributed by atoms with Crippen molar-refractivity contribution in [3.05, 3.63) is 104 Å². The summed E-state index contributed by atoms with van der Waals surface area (Å²) in [6.45, 7) is 9.24. The Balaban J connectivity index is 1.61. The van der Waals surface area contributed by atoms with Gasteiger partial charge in [-0.15, -0.1) is 0 Å². The van der Waals surface area contributed by atoms with Crippen LogP contribution in [0.2, 0.25) is 0 Å². The Bertz CT molecular complexity index is 1540. The molecule has 1 amide bonds. The predicted molar refractivity (Wildman–Crippen MR) is 148 cm³/mol. The summed E-state index contributed by atoms with van der Waals surface area (Å²) in [5.74, 6) is 1.08. The van der Waals surface area contributed by atoms with Gasteiger partial charge in [-0.25, -0.2) is 0 Å². The molecule has 1 aliphatic heterocycles. The summed E-state index contributed by atoms with van der Waals surface area (Å²) in [6, 6.07) is 18.9. The van der Waals surface area contributed by atoms with Crippen molar-refractivity contribution in [2.24, 2.45) is 0 Å². The lowest BCUT2D eigenvalue weighted by Crippen LogP contribution is -2.30. The minimum atomic E-state index is -0.562. The van der Waals surface area contributed by atoms with Crippen LogP contribution >= 0.6 is 0 Å². The topological polar surface area (TPSA) is 69.0 Å². The minimum Gasteiger partial charge on any atom is -0.490 e. The SMILES string of the molecule is CCCCN1C(=O)c2oc3c(C)cc(C)cc3c(=O)c2C1c1ccc(OCc2ccccc2)c(OCC)c1. The van der Waals surface area contributed by atoms with Gasteiger partial charge in [-0.05, 0) is 67.6 Å². The van der Waals surface area contributed by atoms with Crippen LogP contribution in [-0.2, 0) is 6.61 Å². The second kappa shape index (κ2) is 10.7. The first-order valence-corrected chi connectivity index (χ1v) is 13.2. The molecular formula is C32H33NO5. The van der Waals surface area contributed by atoms with E-state index in [0.717, 1.165) is 35.1 Å². The molecule has 0 N–H and O–H groups in total. The standard InChI is InChI=1S/C32H33NO5/c1-5-7-15-33-28(27-29(34)24-17-20(3)16-21(4)30(24)38-31(27)32(33)35)23-13-14-25(26(18-23)36-6-2)37-19-22-11-9-8-10-12-22/h8-14,16-18,28H,5-7,15,19H2,1-4H3. The maximum atomic E-state index is 13.9. The van der Waals surface area contributed by atoms with Gasteiger partial charge in [0.15, 0.2) is 16.9 Å². The van der Waals surface area contributed by atoms with Crippen LogP contribution in [0.1, 0.15) is 71.1 Å². The third kappa shape index (κ3) is 4.67. The van der Waals surface area contributed by atoms with Gasteiger partial charge in [0.1, 0.15) is 12.2 Å². The molecule has 0 saturated carbocycles. The van der Waals surface area contributed by atoms with Crippen LogP contribution in [0.5, 0.6) is 11.5 Å². The van der Waals surface area contributed by atoms with Gasteiger partial charge in [-0.1, -0.05) is 55.8 Å². The first-order chi connectivity index (χ1) is 18.4. The number of carbonyl (C=O) groups is 1. The van der Waals surface area contributed by atoms with E-state index in [-0.39, 0.29) is 17.1 Å². The number of carbonyl (C=O) groups excluding carboxylic acids is 1. The number of ether oxygens (including phenoxy) is 2. The fraction of sp³-hybridized carbons (Fsp3) is 0.312. The number of nitrogens with zero attached hydrogens (tertiary/aromatic N) is 1. The molecule has 0 bridgehead atoms. The van der Waals surface area contributed by atoms with Crippen LogP contribution in [0.3, 0.4) is 0 Å². The van der Waals surface area contributed by atoms with E-state index in [1.807, 2.05) is 81.4 Å². The Morgan fingerprint density at radius 1 is 0.921 bits per heavy atom. The third-order valence-electron chi connectivity index (χ3n) is 6.97.